The van der Waals surface area contributed by atoms with Gasteiger partial charge in [-0.15, -0.1) is 0 Å². The molecule has 7 nitrogen and oxygen atoms in total. The fourth-order valence-corrected chi connectivity index (χ4v) is 2.07. The minimum Gasteiger partial charge on any atom is -0.628 e. The van der Waals surface area contributed by atoms with Crippen molar-refractivity contribution in [3.63, 3.8) is 0 Å². The monoisotopic (exact) mass is 236 g/mol. The number of ether oxygens (including phenoxy) is 4. The van der Waals surface area contributed by atoms with Gasteiger partial charge in [-0.3, -0.25) is 4.65 Å². The molecule has 0 aromatic heterocycles. The zero-order valence-electron chi connectivity index (χ0n) is 10.2. The second kappa shape index (κ2) is 5.87. The van der Waals surface area contributed by atoms with Crippen molar-refractivity contribution in [1.29, 1.82) is 0 Å². The highest BCUT2D eigenvalue weighted by molar-refractivity contribution is 4.70. The van der Waals surface area contributed by atoms with Crippen LogP contribution in [0.3, 0.4) is 0 Å². The maximum Gasteiger partial charge on any atom is 0.236 e. The maximum atomic E-state index is 12.4. The van der Waals surface area contributed by atoms with E-state index in [0.717, 1.165) is 0 Å². The Bertz CT molecular complexity index is 218. The molecule has 1 heterocycles. The molecule has 0 N–H and O–H groups in total. The predicted octanol–water partition coefficient (Wildman–Crippen LogP) is -0.273. The Hall–Kier alpha value is -0.280. The minimum atomic E-state index is -0.625. The molecule has 0 amide bonds. The Morgan fingerprint density at radius 3 is 2.31 bits per heavy atom. The van der Waals surface area contributed by atoms with Crippen LogP contribution in [0.1, 0.15) is 0 Å². The third kappa shape index (κ3) is 2.51. The molecular weight excluding hydrogens is 216 g/mol. The number of hydrogen-bond donors (Lipinski definition) is 0. The summed E-state index contributed by atoms with van der Waals surface area (Å²) in [7, 11) is 6.10. The predicted molar refractivity (Wildman–Crippen MR) is 55.7 cm³/mol. The Labute approximate surface area is 95.6 Å². The molecule has 16 heavy (non-hydrogen) atoms. The molecule has 0 radical (unpaired) electrons. The number of hydrogen-bond acceptors (Lipinski definition) is 6. The van der Waals surface area contributed by atoms with Crippen LogP contribution < -0.4 is 0 Å². The van der Waals surface area contributed by atoms with Crippen LogP contribution >= 0.6 is 0 Å². The molecule has 96 valence electrons. The van der Waals surface area contributed by atoms with Gasteiger partial charge in [0.1, 0.15) is 13.4 Å². The molecule has 0 aliphatic carbocycles. The van der Waals surface area contributed by atoms with E-state index in [1.54, 1.807) is 19.1 Å². The highest BCUT2D eigenvalue weighted by Gasteiger charge is 2.49. The summed E-state index contributed by atoms with van der Waals surface area (Å²) in [5.41, 5.74) is 0. The van der Waals surface area contributed by atoms with Gasteiger partial charge in [0.15, 0.2) is 13.0 Å². The highest BCUT2D eigenvalue weighted by Crippen LogP contribution is 2.28. The SMILES string of the molecule is COCN1C[N+]([O-])(COC)C(OC)C1OC. The normalized spacial score (nSPS) is 35.8. The molecule has 0 aromatic carbocycles. The van der Waals surface area contributed by atoms with Crippen molar-refractivity contribution in [1.82, 2.24) is 4.90 Å². The molecule has 1 saturated heterocycles. The smallest absolute Gasteiger partial charge is 0.236 e. The van der Waals surface area contributed by atoms with Crippen molar-refractivity contribution in [3.8, 4) is 0 Å². The number of nitrogens with zero attached hydrogens (tertiary/aromatic N) is 2. The lowest BCUT2D eigenvalue weighted by Gasteiger charge is -2.41. The number of methoxy groups -OCH3 is 4. The van der Waals surface area contributed by atoms with Crippen LogP contribution in [0.15, 0.2) is 0 Å². The third-order valence-electron chi connectivity index (χ3n) is 2.61. The van der Waals surface area contributed by atoms with E-state index >= 15 is 0 Å². The molecule has 1 aliphatic rings. The van der Waals surface area contributed by atoms with Crippen LogP contribution in [0.2, 0.25) is 0 Å². The second-order valence-corrected chi connectivity index (χ2v) is 3.77. The van der Waals surface area contributed by atoms with Gasteiger partial charge in [-0.2, -0.15) is 4.90 Å². The fourth-order valence-electron chi connectivity index (χ4n) is 2.07. The summed E-state index contributed by atoms with van der Waals surface area (Å²) in [6.07, 6.45) is -1.04. The summed E-state index contributed by atoms with van der Waals surface area (Å²) in [6.45, 7) is 0.571. The maximum absolute atomic E-state index is 12.4. The van der Waals surface area contributed by atoms with E-state index in [0.29, 0.717) is 6.73 Å². The highest BCUT2D eigenvalue weighted by atomic mass is 16.7. The van der Waals surface area contributed by atoms with Crippen LogP contribution in [-0.2, 0) is 18.9 Å². The van der Waals surface area contributed by atoms with Gasteiger partial charge in [0.25, 0.3) is 0 Å². The zero-order chi connectivity index (χ0) is 12.2. The molecule has 1 fully saturated rings. The Kier molecular flexibility index (Phi) is 5.06. The molecule has 7 heteroatoms. The van der Waals surface area contributed by atoms with E-state index in [1.807, 2.05) is 0 Å². The molecule has 0 aromatic rings. The average Bonchev–Trinajstić information content (AvgIpc) is 2.51. The summed E-state index contributed by atoms with van der Waals surface area (Å²) in [5.74, 6) is 0. The second-order valence-electron chi connectivity index (χ2n) is 3.77. The number of rotatable bonds is 6. The fraction of sp³-hybridized carbons (Fsp3) is 1.00. The summed E-state index contributed by atoms with van der Waals surface area (Å²) in [6, 6.07) is 0. The Balaban J connectivity index is 2.80. The lowest BCUT2D eigenvalue weighted by Crippen LogP contribution is -2.51. The van der Waals surface area contributed by atoms with E-state index in [9.17, 15) is 5.21 Å². The average molecular weight is 236 g/mol. The van der Waals surface area contributed by atoms with Crippen molar-refractivity contribution < 1.29 is 23.6 Å². The van der Waals surface area contributed by atoms with Crippen LogP contribution in [0.4, 0.5) is 0 Å². The van der Waals surface area contributed by atoms with Crippen molar-refractivity contribution in [2.75, 3.05) is 48.6 Å². The van der Waals surface area contributed by atoms with Crippen LogP contribution in [0.5, 0.6) is 0 Å². The van der Waals surface area contributed by atoms with Crippen LogP contribution in [-0.4, -0.2) is 70.6 Å². The van der Waals surface area contributed by atoms with Gasteiger partial charge in [-0.25, -0.2) is 0 Å². The molecule has 0 saturated carbocycles. The van der Waals surface area contributed by atoms with E-state index in [-0.39, 0.29) is 13.4 Å². The molecule has 1 aliphatic heterocycles. The first-order chi connectivity index (χ1) is 7.62. The quantitative estimate of drug-likeness (QED) is 0.467. The molecule has 3 unspecified atom stereocenters. The first-order valence-corrected chi connectivity index (χ1v) is 4.98. The van der Waals surface area contributed by atoms with Gasteiger partial charge in [-0.1, -0.05) is 0 Å². The van der Waals surface area contributed by atoms with Crippen molar-refractivity contribution in [3.05, 3.63) is 5.21 Å². The molecular formula is C9H20N2O5. The summed E-state index contributed by atoms with van der Waals surface area (Å²) in [4.78, 5) is 1.78. The molecule has 1 rings (SSSR count). The lowest BCUT2D eigenvalue weighted by molar-refractivity contribution is -0.936. The topological polar surface area (TPSA) is 63.2 Å². The summed E-state index contributed by atoms with van der Waals surface area (Å²) >= 11 is 0. The summed E-state index contributed by atoms with van der Waals surface area (Å²) in [5, 5.41) is 12.4. The Morgan fingerprint density at radius 2 is 1.88 bits per heavy atom. The van der Waals surface area contributed by atoms with Crippen molar-refractivity contribution in [2.24, 2.45) is 0 Å². The standard InChI is InChI=1S/C9H20N2O5/c1-13-6-10-5-11(12,7-14-2)9(16-4)8(10)15-3/h8-9H,5-7H2,1-4H3. The molecule has 0 spiro atoms. The summed E-state index contributed by atoms with van der Waals surface area (Å²) < 4.78 is 19.8. The van der Waals surface area contributed by atoms with E-state index < -0.39 is 17.1 Å². The first kappa shape index (κ1) is 13.8. The Morgan fingerprint density at radius 1 is 1.19 bits per heavy atom. The van der Waals surface area contributed by atoms with Gasteiger partial charge in [0, 0.05) is 28.4 Å². The lowest BCUT2D eigenvalue weighted by atomic mass is 10.4. The van der Waals surface area contributed by atoms with Crippen molar-refractivity contribution in [2.45, 2.75) is 12.5 Å². The number of quaternary nitrogens is 1. The third-order valence-corrected chi connectivity index (χ3v) is 2.61. The zero-order valence-corrected chi connectivity index (χ0v) is 10.2. The minimum absolute atomic E-state index is 0.0264. The number of hydroxylamine groups is 3. The molecule has 3 atom stereocenters. The van der Waals surface area contributed by atoms with Gasteiger partial charge in [-0.05, 0) is 0 Å². The molecule has 0 bridgehead atoms. The van der Waals surface area contributed by atoms with E-state index in [1.165, 1.54) is 14.2 Å². The van der Waals surface area contributed by atoms with Crippen LogP contribution in [0.25, 0.3) is 0 Å². The van der Waals surface area contributed by atoms with Gasteiger partial charge in [0.05, 0.1) is 0 Å². The van der Waals surface area contributed by atoms with Gasteiger partial charge < -0.3 is 24.2 Å². The van der Waals surface area contributed by atoms with Crippen LogP contribution in [0, 0.1) is 5.21 Å². The van der Waals surface area contributed by atoms with Crippen molar-refractivity contribution >= 4 is 0 Å². The largest absolute Gasteiger partial charge is 0.628 e. The van der Waals surface area contributed by atoms with Gasteiger partial charge in [0.2, 0.25) is 6.23 Å². The van der Waals surface area contributed by atoms with E-state index in [4.69, 9.17) is 18.9 Å². The first-order valence-electron chi connectivity index (χ1n) is 4.98. The van der Waals surface area contributed by atoms with Gasteiger partial charge >= 0.3 is 0 Å². The van der Waals surface area contributed by atoms with E-state index in [2.05, 4.69) is 0 Å².